The average molecular weight is 620 g/mol. The van der Waals surface area contributed by atoms with Crippen molar-refractivity contribution in [2.24, 2.45) is 0 Å². The first kappa shape index (κ1) is 27.2. The van der Waals surface area contributed by atoms with Crippen LogP contribution in [0.3, 0.4) is 0 Å². The summed E-state index contributed by atoms with van der Waals surface area (Å²) in [7, 11) is 0. The Balaban J connectivity index is 1.34. The standard InChI is InChI=1S/C28H23BrN6O4S/c29-23-8-7-22(40-23)27(38)35(20-9-12-34(13-10-20)24-19(15-30)2-1-11-31-24)16-18-5-3-17(4-6-18)14-21-25(36)32-28(39)33-26(21)37/h1-8,11,14,20H,9-10,12-13,16H2,(H2,32,33,36,37,39). The molecule has 5 amide bonds. The fourth-order valence-electron chi connectivity index (χ4n) is 4.75. The third kappa shape index (κ3) is 5.95. The van der Waals surface area contributed by atoms with Gasteiger partial charge in [0.1, 0.15) is 17.5 Å². The lowest BCUT2D eigenvalue weighted by Crippen LogP contribution is -2.51. The second-order valence-corrected chi connectivity index (χ2v) is 11.7. The summed E-state index contributed by atoms with van der Waals surface area (Å²) < 4.78 is 0.875. The first-order chi connectivity index (χ1) is 19.3. The molecule has 2 aliphatic rings. The Kier molecular flexibility index (Phi) is 8.04. The fraction of sp³-hybridized carbons (Fsp3) is 0.214. The number of anilines is 1. The van der Waals surface area contributed by atoms with Crippen LogP contribution in [0.15, 0.2) is 64.1 Å². The Labute approximate surface area is 242 Å². The zero-order valence-corrected chi connectivity index (χ0v) is 23.5. The van der Waals surface area contributed by atoms with Crippen molar-refractivity contribution in [1.82, 2.24) is 20.5 Å². The van der Waals surface area contributed by atoms with E-state index >= 15 is 0 Å². The molecule has 2 saturated heterocycles. The lowest BCUT2D eigenvalue weighted by atomic mass is 10.0. The SMILES string of the molecule is N#Cc1cccnc1N1CCC(N(Cc2ccc(C=C3C(=O)NC(=O)NC3=O)cc2)C(=O)c2ccc(Br)s2)CC1. The summed E-state index contributed by atoms with van der Waals surface area (Å²) in [5.74, 6) is -0.902. The van der Waals surface area contributed by atoms with Crippen LogP contribution >= 0.6 is 27.3 Å². The number of hydrogen-bond acceptors (Lipinski definition) is 8. The van der Waals surface area contributed by atoms with Gasteiger partial charge >= 0.3 is 6.03 Å². The molecule has 0 atom stereocenters. The summed E-state index contributed by atoms with van der Waals surface area (Å²) in [4.78, 5) is 58.1. The van der Waals surface area contributed by atoms with E-state index in [1.165, 1.54) is 17.4 Å². The van der Waals surface area contributed by atoms with Crippen molar-refractivity contribution < 1.29 is 19.2 Å². The predicted octanol–water partition coefficient (Wildman–Crippen LogP) is 3.84. The summed E-state index contributed by atoms with van der Waals surface area (Å²) in [6, 6.07) is 15.7. The number of carbonyl (C=O) groups is 4. The molecule has 1 aromatic carbocycles. The van der Waals surface area contributed by atoms with Gasteiger partial charge in [-0.1, -0.05) is 24.3 Å². The number of piperidine rings is 1. The predicted molar refractivity (Wildman–Crippen MR) is 152 cm³/mol. The number of hydrogen-bond donors (Lipinski definition) is 2. The van der Waals surface area contributed by atoms with Gasteiger partial charge in [-0.3, -0.25) is 25.0 Å². The Morgan fingerprint density at radius 1 is 1.10 bits per heavy atom. The number of nitrogens with one attached hydrogen (secondary N) is 2. The lowest BCUT2D eigenvalue weighted by Gasteiger charge is -2.39. The number of rotatable bonds is 6. The number of imide groups is 2. The number of halogens is 1. The number of carbonyl (C=O) groups excluding carboxylic acids is 4. The average Bonchev–Trinajstić information content (AvgIpc) is 3.40. The van der Waals surface area contributed by atoms with E-state index in [1.807, 2.05) is 29.2 Å². The Hall–Kier alpha value is -4.34. The smallest absolute Gasteiger partial charge is 0.328 e. The summed E-state index contributed by atoms with van der Waals surface area (Å²) in [5.41, 5.74) is 1.86. The van der Waals surface area contributed by atoms with Crippen molar-refractivity contribution >= 4 is 62.9 Å². The summed E-state index contributed by atoms with van der Waals surface area (Å²) in [6.45, 7) is 1.69. The van der Waals surface area contributed by atoms with Crippen LogP contribution in [0.2, 0.25) is 0 Å². The van der Waals surface area contributed by atoms with Gasteiger partial charge in [0.15, 0.2) is 0 Å². The van der Waals surface area contributed by atoms with Gasteiger partial charge in [0.05, 0.1) is 14.2 Å². The van der Waals surface area contributed by atoms with E-state index < -0.39 is 17.8 Å². The molecule has 10 nitrogen and oxygen atoms in total. The highest BCUT2D eigenvalue weighted by Gasteiger charge is 2.31. The summed E-state index contributed by atoms with van der Waals surface area (Å²) in [6.07, 6.45) is 4.52. The van der Waals surface area contributed by atoms with E-state index in [0.29, 0.717) is 54.3 Å². The lowest BCUT2D eigenvalue weighted by molar-refractivity contribution is -0.123. The number of nitrogens with zero attached hydrogens (tertiary/aromatic N) is 4. The maximum absolute atomic E-state index is 13.7. The first-order valence-corrected chi connectivity index (χ1v) is 14.1. The van der Waals surface area contributed by atoms with Gasteiger partial charge in [0.25, 0.3) is 17.7 Å². The number of benzene rings is 1. The van der Waals surface area contributed by atoms with Crippen LogP contribution in [0.25, 0.3) is 6.08 Å². The van der Waals surface area contributed by atoms with E-state index in [9.17, 15) is 24.4 Å². The van der Waals surface area contributed by atoms with Crippen LogP contribution in [0.1, 0.15) is 39.2 Å². The molecule has 0 saturated carbocycles. The molecule has 2 aromatic heterocycles. The van der Waals surface area contributed by atoms with Crippen LogP contribution < -0.4 is 15.5 Å². The molecule has 0 aliphatic carbocycles. The van der Waals surface area contributed by atoms with Crippen LogP contribution in [0, 0.1) is 11.3 Å². The highest BCUT2D eigenvalue weighted by Crippen LogP contribution is 2.29. The molecule has 2 aliphatic heterocycles. The highest BCUT2D eigenvalue weighted by molar-refractivity contribution is 9.11. The topological polar surface area (TPSA) is 136 Å². The molecule has 0 unspecified atom stereocenters. The van der Waals surface area contributed by atoms with Gasteiger partial charge in [0, 0.05) is 31.9 Å². The van der Waals surface area contributed by atoms with E-state index in [-0.39, 0.29) is 17.5 Å². The van der Waals surface area contributed by atoms with Crippen molar-refractivity contribution in [1.29, 1.82) is 5.26 Å². The van der Waals surface area contributed by atoms with Crippen molar-refractivity contribution in [3.8, 4) is 6.07 Å². The molecule has 2 fully saturated rings. The molecule has 5 rings (SSSR count). The Morgan fingerprint density at radius 3 is 2.42 bits per heavy atom. The second kappa shape index (κ2) is 11.8. The Bertz CT molecular complexity index is 1530. The highest BCUT2D eigenvalue weighted by atomic mass is 79.9. The number of pyridine rings is 1. The molecular weight excluding hydrogens is 596 g/mol. The van der Waals surface area contributed by atoms with E-state index in [1.54, 1.807) is 30.5 Å². The number of urea groups is 1. The molecule has 4 heterocycles. The van der Waals surface area contributed by atoms with Gasteiger partial charge < -0.3 is 9.80 Å². The van der Waals surface area contributed by atoms with Gasteiger partial charge in [0.2, 0.25) is 0 Å². The number of barbiturate groups is 1. The normalized spacial score (nSPS) is 15.8. The van der Waals surface area contributed by atoms with Crippen LogP contribution in [-0.2, 0) is 16.1 Å². The largest absolute Gasteiger partial charge is 0.355 e. The zero-order chi connectivity index (χ0) is 28.2. The van der Waals surface area contributed by atoms with Crippen molar-refractivity contribution in [2.75, 3.05) is 18.0 Å². The summed E-state index contributed by atoms with van der Waals surface area (Å²) in [5, 5.41) is 13.6. The summed E-state index contributed by atoms with van der Waals surface area (Å²) >= 11 is 4.83. The third-order valence-electron chi connectivity index (χ3n) is 6.74. The van der Waals surface area contributed by atoms with E-state index in [0.717, 1.165) is 9.35 Å². The molecular formula is C28H23BrN6O4S. The number of amides is 5. The molecule has 2 N–H and O–H groups in total. The maximum atomic E-state index is 13.7. The number of aromatic nitrogens is 1. The second-order valence-electron chi connectivity index (χ2n) is 9.28. The first-order valence-electron chi connectivity index (χ1n) is 12.5. The number of thiophene rings is 1. The molecule has 40 heavy (non-hydrogen) atoms. The van der Waals surface area contributed by atoms with Crippen LogP contribution in [0.5, 0.6) is 0 Å². The maximum Gasteiger partial charge on any atom is 0.328 e. The molecule has 3 aromatic rings. The van der Waals surface area contributed by atoms with E-state index in [4.69, 9.17) is 0 Å². The Morgan fingerprint density at radius 2 is 1.80 bits per heavy atom. The van der Waals surface area contributed by atoms with Gasteiger partial charge in [-0.15, -0.1) is 11.3 Å². The minimum atomic E-state index is -0.846. The van der Waals surface area contributed by atoms with Crippen LogP contribution in [-0.4, -0.2) is 52.8 Å². The molecule has 12 heteroatoms. The van der Waals surface area contributed by atoms with Crippen LogP contribution in [0.4, 0.5) is 10.6 Å². The van der Waals surface area contributed by atoms with Crippen molar-refractivity contribution in [3.05, 3.63) is 85.7 Å². The fourth-order valence-corrected chi connectivity index (χ4v) is 6.09. The van der Waals surface area contributed by atoms with Crippen molar-refractivity contribution in [2.45, 2.75) is 25.4 Å². The van der Waals surface area contributed by atoms with Gasteiger partial charge in [-0.25, -0.2) is 9.78 Å². The molecule has 0 radical (unpaired) electrons. The van der Waals surface area contributed by atoms with Gasteiger partial charge in [-0.2, -0.15) is 5.26 Å². The quantitative estimate of drug-likeness (QED) is 0.316. The van der Waals surface area contributed by atoms with Gasteiger partial charge in [-0.05, 0) is 70.2 Å². The number of nitriles is 1. The van der Waals surface area contributed by atoms with E-state index in [2.05, 4.69) is 42.5 Å². The third-order valence-corrected chi connectivity index (χ3v) is 8.36. The molecule has 202 valence electrons. The minimum Gasteiger partial charge on any atom is -0.355 e. The monoisotopic (exact) mass is 618 g/mol. The molecule has 0 bridgehead atoms. The zero-order valence-electron chi connectivity index (χ0n) is 21.1. The minimum absolute atomic E-state index is 0.0205. The molecule has 0 spiro atoms. The van der Waals surface area contributed by atoms with Crippen molar-refractivity contribution in [3.63, 3.8) is 0 Å².